The highest BCUT2D eigenvalue weighted by Gasteiger charge is 2.05. The van der Waals surface area contributed by atoms with Crippen molar-refractivity contribution in [2.24, 2.45) is 5.10 Å². The van der Waals surface area contributed by atoms with E-state index < -0.39 is 0 Å². The van der Waals surface area contributed by atoms with Gasteiger partial charge in [-0.05, 0) is 51.8 Å². The first kappa shape index (κ1) is 17.0. The molecule has 0 saturated carbocycles. The third-order valence-corrected chi connectivity index (χ3v) is 4.03. The van der Waals surface area contributed by atoms with Crippen LogP contribution in [0.5, 0.6) is 5.75 Å². The molecule has 0 atom stereocenters. The molecule has 0 saturated heterocycles. The zero-order valence-electron chi connectivity index (χ0n) is 13.2. The maximum Gasteiger partial charge on any atom is 0.271 e. The van der Waals surface area contributed by atoms with Crippen molar-refractivity contribution in [2.45, 2.75) is 6.61 Å². The van der Waals surface area contributed by atoms with Crippen molar-refractivity contribution in [2.75, 3.05) is 0 Å². The molecule has 0 aliphatic carbocycles. The molecule has 0 aliphatic heterocycles. The molecule has 2 aromatic carbocycles. The van der Waals surface area contributed by atoms with Gasteiger partial charge in [0.05, 0.1) is 23.2 Å². The fourth-order valence-corrected chi connectivity index (χ4v) is 2.45. The number of para-hydroxylation sites is 1. The molecule has 5 nitrogen and oxygen atoms in total. The van der Waals surface area contributed by atoms with Crippen molar-refractivity contribution in [3.63, 3.8) is 0 Å². The Balaban J connectivity index is 1.54. The number of hydrogen-bond donors (Lipinski definition) is 1. The second kappa shape index (κ2) is 8.30. The number of nitrogens with zero attached hydrogens (tertiary/aromatic N) is 1. The number of carbonyl (C=O) groups is 1. The molecule has 1 N–H and O–H groups in total. The van der Waals surface area contributed by atoms with E-state index >= 15 is 0 Å². The Labute approximate surface area is 153 Å². The van der Waals surface area contributed by atoms with Crippen LogP contribution in [-0.4, -0.2) is 12.1 Å². The highest BCUT2D eigenvalue weighted by Crippen LogP contribution is 2.24. The topological polar surface area (TPSA) is 63.8 Å². The van der Waals surface area contributed by atoms with Gasteiger partial charge >= 0.3 is 0 Å². The molecule has 0 radical (unpaired) electrons. The van der Waals surface area contributed by atoms with Gasteiger partial charge in [-0.1, -0.05) is 24.3 Å². The van der Waals surface area contributed by atoms with Crippen LogP contribution < -0.4 is 10.2 Å². The van der Waals surface area contributed by atoms with Gasteiger partial charge in [-0.25, -0.2) is 5.43 Å². The van der Waals surface area contributed by atoms with Crippen LogP contribution in [0.2, 0.25) is 0 Å². The minimum Gasteiger partial charge on any atom is -0.488 e. The van der Waals surface area contributed by atoms with Gasteiger partial charge in [-0.3, -0.25) is 4.79 Å². The number of carbonyl (C=O) groups excluding carboxylic acids is 1. The lowest BCUT2D eigenvalue weighted by molar-refractivity contribution is 0.0955. The summed E-state index contributed by atoms with van der Waals surface area (Å²) in [7, 11) is 0. The van der Waals surface area contributed by atoms with Gasteiger partial charge in [0.15, 0.2) is 0 Å². The third-order valence-electron chi connectivity index (χ3n) is 3.37. The predicted octanol–water partition coefficient (Wildman–Crippen LogP) is 4.39. The van der Waals surface area contributed by atoms with Gasteiger partial charge in [0.2, 0.25) is 0 Å². The lowest BCUT2D eigenvalue weighted by atomic mass is 10.1. The molecule has 25 heavy (non-hydrogen) atoms. The molecule has 0 bridgehead atoms. The van der Waals surface area contributed by atoms with Crippen LogP contribution in [0.3, 0.4) is 0 Å². The van der Waals surface area contributed by atoms with Crippen LogP contribution in [0.25, 0.3) is 0 Å². The smallest absolute Gasteiger partial charge is 0.271 e. The minimum absolute atomic E-state index is 0.280. The van der Waals surface area contributed by atoms with Crippen LogP contribution in [0, 0.1) is 0 Å². The van der Waals surface area contributed by atoms with Crippen LogP contribution in [0.1, 0.15) is 21.5 Å². The summed E-state index contributed by atoms with van der Waals surface area (Å²) in [4.78, 5) is 12.0. The summed E-state index contributed by atoms with van der Waals surface area (Å²) in [5.74, 6) is 0.496. The average Bonchev–Trinajstić information content (AvgIpc) is 3.15. The molecular formula is C19H15BrN2O3. The second-order valence-corrected chi connectivity index (χ2v) is 6.03. The first-order valence-corrected chi connectivity index (χ1v) is 8.33. The molecule has 0 fully saturated rings. The Bertz CT molecular complexity index is 859. The van der Waals surface area contributed by atoms with Crippen molar-refractivity contribution < 1.29 is 13.9 Å². The molecule has 1 amide bonds. The SMILES string of the molecule is O=C(N/N=C\c1ccoc1)c1ccc(COc2ccccc2Br)cc1. The van der Waals surface area contributed by atoms with Crippen molar-refractivity contribution in [1.29, 1.82) is 0 Å². The minimum atomic E-state index is -0.280. The van der Waals surface area contributed by atoms with Crippen molar-refractivity contribution in [3.05, 3.63) is 88.3 Å². The largest absolute Gasteiger partial charge is 0.488 e. The normalized spacial score (nSPS) is 10.8. The molecule has 6 heteroatoms. The van der Waals surface area contributed by atoms with E-state index in [2.05, 4.69) is 26.5 Å². The Kier molecular flexibility index (Phi) is 5.64. The number of rotatable bonds is 6. The van der Waals surface area contributed by atoms with Crippen LogP contribution >= 0.6 is 15.9 Å². The maximum atomic E-state index is 12.0. The van der Waals surface area contributed by atoms with Crippen molar-refractivity contribution >= 4 is 28.1 Å². The molecule has 0 aliphatic rings. The molecular weight excluding hydrogens is 384 g/mol. The summed E-state index contributed by atoms with van der Waals surface area (Å²) < 4.78 is 11.6. The predicted molar refractivity (Wildman–Crippen MR) is 98.7 cm³/mol. The van der Waals surface area contributed by atoms with E-state index in [0.29, 0.717) is 12.2 Å². The average molecular weight is 399 g/mol. The van der Waals surface area contributed by atoms with Gasteiger partial charge < -0.3 is 9.15 Å². The lowest BCUT2D eigenvalue weighted by Gasteiger charge is -2.08. The van der Waals surface area contributed by atoms with Crippen LogP contribution in [0.4, 0.5) is 0 Å². The van der Waals surface area contributed by atoms with E-state index in [1.165, 1.54) is 18.7 Å². The zero-order valence-corrected chi connectivity index (χ0v) is 14.8. The number of ether oxygens (including phenoxy) is 1. The van der Waals surface area contributed by atoms with E-state index in [1.807, 2.05) is 36.4 Å². The van der Waals surface area contributed by atoms with Gasteiger partial charge in [-0.15, -0.1) is 0 Å². The maximum absolute atomic E-state index is 12.0. The summed E-state index contributed by atoms with van der Waals surface area (Å²) in [5, 5.41) is 3.88. The molecule has 1 aromatic heterocycles. The zero-order chi connectivity index (χ0) is 17.5. The van der Waals surface area contributed by atoms with Gasteiger partial charge in [0.25, 0.3) is 5.91 Å². The lowest BCUT2D eigenvalue weighted by Crippen LogP contribution is -2.17. The highest BCUT2D eigenvalue weighted by atomic mass is 79.9. The molecule has 126 valence electrons. The third kappa shape index (κ3) is 4.81. The first-order valence-electron chi connectivity index (χ1n) is 7.54. The number of nitrogens with one attached hydrogen (secondary N) is 1. The molecule has 0 unspecified atom stereocenters. The van der Waals surface area contributed by atoms with Crippen molar-refractivity contribution in [1.82, 2.24) is 5.43 Å². The summed E-state index contributed by atoms with van der Waals surface area (Å²) in [6.45, 7) is 0.420. The molecule has 3 rings (SSSR count). The number of benzene rings is 2. The summed E-state index contributed by atoms with van der Waals surface area (Å²) in [6.07, 6.45) is 4.59. The van der Waals surface area contributed by atoms with E-state index in [0.717, 1.165) is 21.3 Å². The van der Waals surface area contributed by atoms with Crippen LogP contribution in [-0.2, 0) is 6.61 Å². The first-order chi connectivity index (χ1) is 12.2. The Morgan fingerprint density at radius 3 is 2.68 bits per heavy atom. The number of amides is 1. The summed E-state index contributed by atoms with van der Waals surface area (Å²) >= 11 is 3.44. The Hall–Kier alpha value is -2.86. The van der Waals surface area contributed by atoms with Crippen molar-refractivity contribution in [3.8, 4) is 5.75 Å². The number of hydrogen-bond acceptors (Lipinski definition) is 4. The number of halogens is 1. The Morgan fingerprint density at radius 1 is 1.16 bits per heavy atom. The van der Waals surface area contributed by atoms with E-state index in [1.54, 1.807) is 18.2 Å². The van der Waals surface area contributed by atoms with E-state index in [4.69, 9.17) is 9.15 Å². The highest BCUT2D eigenvalue weighted by molar-refractivity contribution is 9.10. The number of hydrazone groups is 1. The second-order valence-electron chi connectivity index (χ2n) is 5.17. The summed E-state index contributed by atoms with van der Waals surface area (Å²) in [5.41, 5.74) is 4.74. The van der Waals surface area contributed by atoms with Gasteiger partial charge in [-0.2, -0.15) is 5.10 Å². The van der Waals surface area contributed by atoms with Gasteiger partial charge in [0, 0.05) is 11.1 Å². The quantitative estimate of drug-likeness (QED) is 0.494. The monoisotopic (exact) mass is 398 g/mol. The Morgan fingerprint density at radius 2 is 1.96 bits per heavy atom. The fourth-order valence-electron chi connectivity index (χ4n) is 2.05. The molecule has 0 spiro atoms. The fraction of sp³-hybridized carbons (Fsp3) is 0.0526. The molecule has 3 aromatic rings. The van der Waals surface area contributed by atoms with Crippen LogP contribution in [0.15, 0.2) is 81.1 Å². The van der Waals surface area contributed by atoms with E-state index in [9.17, 15) is 4.79 Å². The van der Waals surface area contributed by atoms with Gasteiger partial charge in [0.1, 0.15) is 12.4 Å². The van der Waals surface area contributed by atoms with E-state index in [-0.39, 0.29) is 5.91 Å². The molecule has 1 heterocycles. The standard InChI is InChI=1S/C19H15BrN2O3/c20-17-3-1-2-4-18(17)25-13-14-5-7-16(8-6-14)19(23)22-21-11-15-9-10-24-12-15/h1-12H,13H2,(H,22,23)/b21-11-. The summed E-state index contributed by atoms with van der Waals surface area (Å²) in [6, 6.07) is 16.6. The number of furan rings is 1.